The zero-order chi connectivity index (χ0) is 19.9. The Morgan fingerprint density at radius 3 is 2.00 bits per heavy atom. The van der Waals surface area contributed by atoms with Gasteiger partial charge in [0.15, 0.2) is 6.61 Å². The monoisotopic (exact) mass is 402 g/mol. The summed E-state index contributed by atoms with van der Waals surface area (Å²) in [6, 6.07) is 0. The lowest BCUT2D eigenvalue weighted by Crippen LogP contribution is -2.46. The lowest BCUT2D eigenvalue weighted by Gasteiger charge is -2.41. The van der Waals surface area contributed by atoms with E-state index in [-0.39, 0.29) is 23.9 Å². The van der Waals surface area contributed by atoms with Crippen LogP contribution in [-0.2, 0) is 23.9 Å². The van der Waals surface area contributed by atoms with Crippen molar-refractivity contribution in [1.82, 2.24) is 0 Å². The Morgan fingerprint density at radius 2 is 1.41 bits per heavy atom. The van der Waals surface area contributed by atoms with Crippen molar-refractivity contribution in [2.75, 3.05) is 6.61 Å². The molecule has 158 valence electrons. The highest BCUT2D eigenvalue weighted by Gasteiger charge is 2.69. The third-order valence-electron chi connectivity index (χ3n) is 9.71. The number of esters is 2. The first-order valence-corrected chi connectivity index (χ1v) is 11.6. The molecule has 6 saturated carbocycles. The molecule has 1 N–H and O–H groups in total. The highest BCUT2D eigenvalue weighted by atomic mass is 16.6. The number of carbonyl (C=O) groups excluding carboxylic acids is 2. The topological polar surface area (TPSA) is 89.9 Å². The van der Waals surface area contributed by atoms with Gasteiger partial charge in [-0.2, -0.15) is 0 Å². The van der Waals surface area contributed by atoms with Crippen LogP contribution in [0.1, 0.15) is 51.4 Å². The third-order valence-corrected chi connectivity index (χ3v) is 9.71. The first kappa shape index (κ1) is 18.2. The average Bonchev–Trinajstić information content (AvgIpc) is 3.50. The molecule has 6 aliphatic rings. The van der Waals surface area contributed by atoms with E-state index in [2.05, 4.69) is 0 Å². The number of hydrogen-bond acceptors (Lipinski definition) is 5. The Bertz CT molecular complexity index is 748. The molecule has 0 radical (unpaired) electrons. The zero-order valence-corrected chi connectivity index (χ0v) is 16.7. The van der Waals surface area contributed by atoms with Crippen LogP contribution in [0.15, 0.2) is 0 Å². The molecule has 6 rings (SSSR count). The minimum atomic E-state index is -1.15. The fraction of sp³-hybridized carbons (Fsp3) is 0.870. The van der Waals surface area contributed by atoms with E-state index in [4.69, 9.17) is 14.6 Å². The number of ether oxygens (including phenoxy) is 2. The summed E-state index contributed by atoms with van der Waals surface area (Å²) in [5.41, 5.74) is 0. The molecule has 0 amide bonds. The van der Waals surface area contributed by atoms with Crippen molar-refractivity contribution in [2.45, 2.75) is 57.5 Å². The Kier molecular flexibility index (Phi) is 4.05. The molecule has 0 aliphatic heterocycles. The van der Waals surface area contributed by atoms with Crippen LogP contribution in [0, 0.1) is 59.2 Å². The summed E-state index contributed by atoms with van der Waals surface area (Å²) in [5, 5.41) is 8.93. The minimum absolute atomic E-state index is 0.0203. The van der Waals surface area contributed by atoms with Gasteiger partial charge in [-0.05, 0) is 98.7 Å². The number of rotatable bonds is 5. The highest BCUT2D eigenvalue weighted by molar-refractivity contribution is 5.85. The van der Waals surface area contributed by atoms with Gasteiger partial charge in [0, 0.05) is 0 Å². The molecule has 0 aromatic heterocycles. The van der Waals surface area contributed by atoms with Crippen LogP contribution in [0.2, 0.25) is 0 Å². The predicted octanol–water partition coefficient (Wildman–Crippen LogP) is 2.89. The molecule has 6 fully saturated rings. The molecule has 0 saturated heterocycles. The van der Waals surface area contributed by atoms with Gasteiger partial charge in [0.1, 0.15) is 6.10 Å². The Hall–Kier alpha value is -1.59. The molecule has 0 spiro atoms. The van der Waals surface area contributed by atoms with Crippen LogP contribution in [-0.4, -0.2) is 35.7 Å². The molecule has 6 bridgehead atoms. The minimum Gasteiger partial charge on any atom is -0.479 e. The van der Waals surface area contributed by atoms with Crippen LogP contribution in [0.3, 0.4) is 0 Å². The second kappa shape index (κ2) is 6.45. The number of carbonyl (C=O) groups is 3. The molecule has 0 aromatic carbocycles. The maximum absolute atomic E-state index is 13.4. The predicted molar refractivity (Wildman–Crippen MR) is 100 cm³/mol. The van der Waals surface area contributed by atoms with E-state index in [1.807, 2.05) is 0 Å². The largest absolute Gasteiger partial charge is 0.479 e. The van der Waals surface area contributed by atoms with Gasteiger partial charge in [0.2, 0.25) is 0 Å². The van der Waals surface area contributed by atoms with Crippen LogP contribution in [0.5, 0.6) is 0 Å². The van der Waals surface area contributed by atoms with Gasteiger partial charge >= 0.3 is 17.9 Å². The molecule has 11 atom stereocenters. The first-order chi connectivity index (χ1) is 14.0. The summed E-state index contributed by atoms with van der Waals surface area (Å²) in [7, 11) is 0. The standard InChI is InChI=1S/C23H30O6/c24-17(25)9-28-22(26)20-14-8-15(19-13-4-3-12(7-13)18(14)19)21(20)23(27)29-16-6-10-1-2-11(16)5-10/h10-16,18-21H,1-9H2,(H,24,25). The van der Waals surface area contributed by atoms with Crippen molar-refractivity contribution >= 4 is 17.9 Å². The summed E-state index contributed by atoms with van der Waals surface area (Å²) < 4.78 is 11.2. The van der Waals surface area contributed by atoms with Crippen molar-refractivity contribution in [3.8, 4) is 0 Å². The molecule has 0 aromatic rings. The van der Waals surface area contributed by atoms with Crippen LogP contribution in [0.4, 0.5) is 0 Å². The fourth-order valence-corrected chi connectivity index (χ4v) is 9.01. The molecule has 6 nitrogen and oxygen atoms in total. The van der Waals surface area contributed by atoms with E-state index >= 15 is 0 Å². The van der Waals surface area contributed by atoms with Crippen molar-refractivity contribution in [3.05, 3.63) is 0 Å². The summed E-state index contributed by atoms with van der Waals surface area (Å²) in [6.45, 7) is -0.624. The van der Waals surface area contributed by atoms with Gasteiger partial charge in [-0.15, -0.1) is 0 Å². The van der Waals surface area contributed by atoms with Gasteiger partial charge < -0.3 is 14.6 Å². The number of fused-ring (bicyclic) bond motifs is 11. The summed E-state index contributed by atoms with van der Waals surface area (Å²) >= 11 is 0. The van der Waals surface area contributed by atoms with Gasteiger partial charge in [0.25, 0.3) is 0 Å². The number of carboxylic acids is 1. The van der Waals surface area contributed by atoms with Gasteiger partial charge in [-0.25, -0.2) is 4.79 Å². The maximum Gasteiger partial charge on any atom is 0.341 e. The number of aliphatic carboxylic acids is 1. The van der Waals surface area contributed by atoms with E-state index in [1.54, 1.807) is 0 Å². The molecule has 0 heterocycles. The van der Waals surface area contributed by atoms with E-state index < -0.39 is 30.4 Å². The number of carboxylic acid groups (broad SMARTS) is 1. The number of hydrogen-bond donors (Lipinski definition) is 1. The van der Waals surface area contributed by atoms with E-state index in [1.165, 1.54) is 32.1 Å². The summed E-state index contributed by atoms with van der Waals surface area (Å²) in [4.78, 5) is 37.2. The second-order valence-electron chi connectivity index (χ2n) is 10.8. The van der Waals surface area contributed by atoms with Gasteiger partial charge in [-0.3, -0.25) is 9.59 Å². The molecule has 11 unspecified atom stereocenters. The van der Waals surface area contributed by atoms with Crippen molar-refractivity contribution < 1.29 is 29.0 Å². The maximum atomic E-state index is 13.4. The van der Waals surface area contributed by atoms with E-state index in [9.17, 15) is 14.4 Å². The Balaban J connectivity index is 1.24. The van der Waals surface area contributed by atoms with Crippen LogP contribution >= 0.6 is 0 Å². The lowest BCUT2D eigenvalue weighted by atomic mass is 9.63. The Morgan fingerprint density at radius 1 is 0.759 bits per heavy atom. The molecule has 6 heteroatoms. The molecular formula is C23H30O6. The van der Waals surface area contributed by atoms with Gasteiger partial charge in [0.05, 0.1) is 11.8 Å². The van der Waals surface area contributed by atoms with Crippen LogP contribution in [0.25, 0.3) is 0 Å². The Labute approximate surface area is 170 Å². The fourth-order valence-electron chi connectivity index (χ4n) is 9.01. The highest BCUT2D eigenvalue weighted by Crippen LogP contribution is 2.70. The second-order valence-corrected chi connectivity index (χ2v) is 10.8. The normalized spacial score (nSPS) is 50.7. The van der Waals surface area contributed by atoms with Crippen molar-refractivity contribution in [3.63, 3.8) is 0 Å². The molecular weight excluding hydrogens is 372 g/mol. The quantitative estimate of drug-likeness (QED) is 0.562. The third kappa shape index (κ3) is 2.63. The zero-order valence-electron chi connectivity index (χ0n) is 16.7. The van der Waals surface area contributed by atoms with Crippen molar-refractivity contribution in [2.24, 2.45) is 59.2 Å². The SMILES string of the molecule is O=C(O)COC(=O)C1C2CC(C1C(=O)OC1CC3CCC1C3)C1C3CCC(C3)C21. The molecule has 6 aliphatic carbocycles. The summed E-state index contributed by atoms with van der Waals surface area (Å²) in [5.74, 6) is 1.25. The average molecular weight is 402 g/mol. The van der Waals surface area contributed by atoms with E-state index in [0.29, 0.717) is 35.5 Å². The molecule has 29 heavy (non-hydrogen) atoms. The summed E-state index contributed by atoms with van der Waals surface area (Å²) in [6.07, 6.45) is 9.23. The van der Waals surface area contributed by atoms with Crippen LogP contribution < -0.4 is 0 Å². The first-order valence-electron chi connectivity index (χ1n) is 11.6. The van der Waals surface area contributed by atoms with Gasteiger partial charge in [-0.1, -0.05) is 0 Å². The smallest absolute Gasteiger partial charge is 0.341 e. The lowest BCUT2D eigenvalue weighted by molar-refractivity contribution is -0.173. The van der Waals surface area contributed by atoms with E-state index in [0.717, 1.165) is 19.3 Å². The van der Waals surface area contributed by atoms with Crippen molar-refractivity contribution in [1.29, 1.82) is 0 Å².